The molecule has 0 saturated heterocycles. The van der Waals surface area contributed by atoms with E-state index in [9.17, 15) is 9.59 Å². The van der Waals surface area contributed by atoms with Crippen LogP contribution in [0.5, 0.6) is 0 Å². The first-order chi connectivity index (χ1) is 8.88. The summed E-state index contributed by atoms with van der Waals surface area (Å²) >= 11 is 1.63. The second-order valence-corrected chi connectivity index (χ2v) is 6.21. The summed E-state index contributed by atoms with van der Waals surface area (Å²) < 4.78 is 0. The van der Waals surface area contributed by atoms with Gasteiger partial charge in [-0.1, -0.05) is 27.2 Å². The molecule has 0 aliphatic heterocycles. The van der Waals surface area contributed by atoms with Crippen LogP contribution >= 0.6 is 11.8 Å². The molecule has 1 amide bonds. The number of hydrogen-bond donors (Lipinski definition) is 3. The Kier molecular flexibility index (Phi) is 9.69. The maximum Gasteiger partial charge on any atom is 0.326 e. The lowest BCUT2D eigenvalue weighted by molar-refractivity contribution is -0.142. The van der Waals surface area contributed by atoms with E-state index < -0.39 is 18.1 Å². The van der Waals surface area contributed by atoms with Crippen molar-refractivity contribution in [3.63, 3.8) is 0 Å². The number of carbonyl (C=O) groups excluding carboxylic acids is 1. The molecule has 0 unspecified atom stereocenters. The lowest BCUT2D eigenvalue weighted by Gasteiger charge is -2.19. The zero-order chi connectivity index (χ0) is 14.8. The number of nitrogens with two attached hydrogens (primary N) is 1. The molecule has 0 rings (SSSR count). The second-order valence-electron chi connectivity index (χ2n) is 5.06. The van der Waals surface area contributed by atoms with Gasteiger partial charge in [-0.05, 0) is 24.5 Å². The number of hydrogen-bond acceptors (Lipinski definition) is 4. The molecule has 0 spiro atoms. The Bertz CT molecular complexity index is 285. The van der Waals surface area contributed by atoms with E-state index in [-0.39, 0.29) is 11.8 Å². The predicted molar refractivity (Wildman–Crippen MR) is 79.2 cm³/mol. The molecule has 0 aliphatic rings. The molecule has 2 atom stereocenters. The molecule has 0 aromatic heterocycles. The molecule has 112 valence electrons. The number of carboxylic acid groups (broad SMARTS) is 1. The van der Waals surface area contributed by atoms with Gasteiger partial charge in [-0.2, -0.15) is 11.8 Å². The van der Waals surface area contributed by atoms with Crippen molar-refractivity contribution in [1.82, 2.24) is 5.32 Å². The average molecular weight is 290 g/mol. The van der Waals surface area contributed by atoms with Crippen molar-refractivity contribution in [3.05, 3.63) is 0 Å². The van der Waals surface area contributed by atoms with Gasteiger partial charge in [-0.3, -0.25) is 4.79 Å². The van der Waals surface area contributed by atoms with Crippen LogP contribution in [0.3, 0.4) is 0 Å². The summed E-state index contributed by atoms with van der Waals surface area (Å²) in [5.74, 6) is 0.326. The Morgan fingerprint density at radius 3 is 2.47 bits per heavy atom. The number of amides is 1. The number of carboxylic acids is 1. The Hall–Kier alpha value is -0.750. The number of unbranched alkanes of at least 4 members (excludes halogenated alkanes) is 1. The predicted octanol–water partition coefficient (Wildman–Crippen LogP) is 1.46. The van der Waals surface area contributed by atoms with Crippen LogP contribution in [0.15, 0.2) is 0 Å². The van der Waals surface area contributed by atoms with Crippen molar-refractivity contribution in [2.45, 2.75) is 52.1 Å². The molecular weight excluding hydrogens is 264 g/mol. The van der Waals surface area contributed by atoms with Crippen molar-refractivity contribution in [2.75, 3.05) is 11.5 Å². The summed E-state index contributed by atoms with van der Waals surface area (Å²) in [7, 11) is 0. The van der Waals surface area contributed by atoms with E-state index in [0.29, 0.717) is 12.2 Å². The van der Waals surface area contributed by atoms with E-state index in [1.54, 1.807) is 11.8 Å². The first-order valence-electron chi connectivity index (χ1n) is 6.75. The number of thioether (sulfide) groups is 1. The van der Waals surface area contributed by atoms with Crippen molar-refractivity contribution in [3.8, 4) is 0 Å². The Morgan fingerprint density at radius 2 is 2.00 bits per heavy atom. The van der Waals surface area contributed by atoms with E-state index in [1.807, 2.05) is 13.8 Å². The summed E-state index contributed by atoms with van der Waals surface area (Å²) in [5, 5.41) is 11.5. The molecule has 0 radical (unpaired) electrons. The van der Waals surface area contributed by atoms with Gasteiger partial charge in [0.1, 0.15) is 6.04 Å². The van der Waals surface area contributed by atoms with Crippen LogP contribution in [0.4, 0.5) is 0 Å². The maximum absolute atomic E-state index is 11.8. The van der Waals surface area contributed by atoms with Crippen LogP contribution in [0.2, 0.25) is 0 Å². The number of aliphatic carboxylic acids is 1. The third-order valence-electron chi connectivity index (χ3n) is 2.60. The summed E-state index contributed by atoms with van der Waals surface area (Å²) in [6, 6.07) is -1.49. The minimum atomic E-state index is -1.01. The summed E-state index contributed by atoms with van der Waals surface area (Å²) in [5.41, 5.74) is 5.75. The first-order valence-corrected chi connectivity index (χ1v) is 7.90. The third-order valence-corrected chi connectivity index (χ3v) is 3.77. The van der Waals surface area contributed by atoms with Gasteiger partial charge in [-0.15, -0.1) is 0 Å². The Balaban J connectivity index is 4.12. The standard InChI is InChI=1S/C13H26N2O3S/c1-4-5-6-19-8-10(14)12(16)15-11(13(17)18)7-9(2)3/h9-11H,4-8,14H2,1-3H3,(H,15,16)(H,17,18)/t10-,11+/m1/s1. The molecule has 5 nitrogen and oxygen atoms in total. The lowest BCUT2D eigenvalue weighted by atomic mass is 10.0. The highest BCUT2D eigenvalue weighted by atomic mass is 32.2. The van der Waals surface area contributed by atoms with Crippen molar-refractivity contribution < 1.29 is 14.7 Å². The molecule has 19 heavy (non-hydrogen) atoms. The second kappa shape index (κ2) is 10.1. The lowest BCUT2D eigenvalue weighted by Crippen LogP contribution is -2.49. The Morgan fingerprint density at radius 1 is 1.37 bits per heavy atom. The smallest absolute Gasteiger partial charge is 0.326 e. The highest BCUT2D eigenvalue weighted by Gasteiger charge is 2.23. The fraction of sp³-hybridized carbons (Fsp3) is 0.846. The highest BCUT2D eigenvalue weighted by Crippen LogP contribution is 2.08. The molecule has 0 heterocycles. The van der Waals surface area contributed by atoms with Gasteiger partial charge in [-0.25, -0.2) is 4.79 Å². The summed E-state index contributed by atoms with van der Waals surface area (Å²) in [6.45, 7) is 5.95. The Labute approximate surface area is 119 Å². The molecule has 0 saturated carbocycles. The average Bonchev–Trinajstić information content (AvgIpc) is 2.32. The van der Waals surface area contributed by atoms with Gasteiger partial charge >= 0.3 is 5.97 Å². The van der Waals surface area contributed by atoms with Crippen LogP contribution in [-0.2, 0) is 9.59 Å². The first kappa shape index (κ1) is 18.2. The van der Waals surface area contributed by atoms with E-state index in [1.165, 1.54) is 0 Å². The zero-order valence-electron chi connectivity index (χ0n) is 12.0. The molecular formula is C13H26N2O3S. The fourth-order valence-electron chi connectivity index (χ4n) is 1.50. The fourth-order valence-corrected chi connectivity index (χ4v) is 2.57. The normalized spacial score (nSPS) is 14.2. The SMILES string of the molecule is CCCCSC[C@@H](N)C(=O)N[C@@H](CC(C)C)C(=O)O. The molecule has 0 bridgehead atoms. The summed E-state index contributed by atoms with van der Waals surface area (Å²) in [4.78, 5) is 22.8. The topological polar surface area (TPSA) is 92.4 Å². The van der Waals surface area contributed by atoms with E-state index in [2.05, 4.69) is 12.2 Å². The quantitative estimate of drug-likeness (QED) is 0.530. The monoisotopic (exact) mass is 290 g/mol. The van der Waals surface area contributed by atoms with Crippen molar-refractivity contribution in [2.24, 2.45) is 11.7 Å². The minimum Gasteiger partial charge on any atom is -0.480 e. The van der Waals surface area contributed by atoms with Gasteiger partial charge in [0, 0.05) is 5.75 Å². The minimum absolute atomic E-state index is 0.205. The van der Waals surface area contributed by atoms with Gasteiger partial charge in [0.2, 0.25) is 5.91 Å². The van der Waals surface area contributed by atoms with Crippen LogP contribution in [0.1, 0.15) is 40.0 Å². The number of nitrogens with one attached hydrogen (secondary N) is 1. The van der Waals surface area contributed by atoms with Crippen molar-refractivity contribution >= 4 is 23.6 Å². The molecule has 0 aliphatic carbocycles. The van der Waals surface area contributed by atoms with E-state index in [4.69, 9.17) is 10.8 Å². The van der Waals surface area contributed by atoms with Gasteiger partial charge in [0.05, 0.1) is 6.04 Å². The summed E-state index contributed by atoms with van der Waals surface area (Å²) in [6.07, 6.45) is 2.63. The molecule has 0 fully saturated rings. The zero-order valence-corrected chi connectivity index (χ0v) is 12.8. The van der Waals surface area contributed by atoms with Crippen molar-refractivity contribution in [1.29, 1.82) is 0 Å². The van der Waals surface area contributed by atoms with E-state index >= 15 is 0 Å². The molecule has 6 heteroatoms. The van der Waals surface area contributed by atoms with Gasteiger partial charge in [0.15, 0.2) is 0 Å². The van der Waals surface area contributed by atoms with Crippen LogP contribution < -0.4 is 11.1 Å². The van der Waals surface area contributed by atoms with Crippen LogP contribution in [-0.4, -0.2) is 40.6 Å². The highest BCUT2D eigenvalue weighted by molar-refractivity contribution is 7.99. The molecule has 0 aromatic rings. The van der Waals surface area contributed by atoms with Gasteiger partial charge < -0.3 is 16.2 Å². The van der Waals surface area contributed by atoms with E-state index in [0.717, 1.165) is 18.6 Å². The van der Waals surface area contributed by atoms with Crippen LogP contribution in [0, 0.1) is 5.92 Å². The molecule has 0 aromatic carbocycles. The van der Waals surface area contributed by atoms with Gasteiger partial charge in [0.25, 0.3) is 0 Å². The third kappa shape index (κ3) is 8.88. The van der Waals surface area contributed by atoms with Crippen LogP contribution in [0.25, 0.3) is 0 Å². The number of carbonyl (C=O) groups is 2. The number of rotatable bonds is 10. The molecule has 4 N–H and O–H groups in total. The maximum atomic E-state index is 11.8. The largest absolute Gasteiger partial charge is 0.480 e.